The molecule has 2 unspecified atom stereocenters. The fourth-order valence-electron chi connectivity index (χ4n) is 1.45. The van der Waals surface area contributed by atoms with E-state index in [1.54, 1.807) is 18.3 Å². The Bertz CT molecular complexity index is 384. The first-order valence-corrected chi connectivity index (χ1v) is 6.41. The second kappa shape index (κ2) is 6.74. The highest BCUT2D eigenvalue weighted by Gasteiger charge is 2.18. The van der Waals surface area contributed by atoms with Crippen molar-refractivity contribution in [3.05, 3.63) is 29.6 Å². The number of thioether (sulfide) groups is 1. The molecule has 0 spiro atoms. The minimum absolute atomic E-state index is 0.0199. The zero-order valence-electron chi connectivity index (χ0n) is 9.96. The lowest BCUT2D eigenvalue weighted by Crippen LogP contribution is -2.19. The molecule has 0 aliphatic carbocycles. The van der Waals surface area contributed by atoms with Crippen LogP contribution in [-0.4, -0.2) is 32.2 Å². The normalized spacial score (nSPS) is 14.4. The van der Waals surface area contributed by atoms with Gasteiger partial charge < -0.3 is 10.2 Å². The number of carbonyl (C=O) groups is 1. The smallest absolute Gasteiger partial charge is 0.185 e. The Morgan fingerprint density at radius 3 is 2.82 bits per heavy atom. The van der Waals surface area contributed by atoms with Gasteiger partial charge in [0.1, 0.15) is 6.10 Å². The third kappa shape index (κ3) is 4.85. The van der Waals surface area contributed by atoms with E-state index in [0.717, 1.165) is 17.5 Å². The summed E-state index contributed by atoms with van der Waals surface area (Å²) in [5.41, 5.74) is 1.45. The van der Waals surface area contributed by atoms with Gasteiger partial charge in [-0.3, -0.25) is 9.78 Å². The molecule has 0 amide bonds. The number of rotatable bonds is 5. The zero-order chi connectivity index (χ0) is 12.8. The fraction of sp³-hybridized carbons (Fsp3) is 0.500. The van der Waals surface area contributed by atoms with Crippen LogP contribution in [0.1, 0.15) is 30.7 Å². The molecule has 0 aliphatic rings. The first-order chi connectivity index (χ1) is 8.00. The van der Waals surface area contributed by atoms with Crippen molar-refractivity contribution in [1.82, 2.24) is 4.98 Å². The molecule has 1 heterocycles. The molecule has 0 bridgehead atoms. The predicted molar refractivity (Wildman–Crippen MR) is 67.7 cm³/mol. The van der Waals surface area contributed by atoms with Crippen LogP contribution in [0.5, 0.6) is 0 Å². The van der Waals surface area contributed by atoms with Crippen LogP contribution in [0.2, 0.25) is 0 Å². The molecule has 2 N–H and O–H groups in total. The SMILES string of the molecule is CC(=O)SCCC(O)C(O)c1ccnc(C)c1. The molecular weight excluding hydrogens is 238 g/mol. The van der Waals surface area contributed by atoms with Crippen LogP contribution in [-0.2, 0) is 4.79 Å². The fourth-order valence-corrected chi connectivity index (χ4v) is 2.10. The summed E-state index contributed by atoms with van der Waals surface area (Å²) in [4.78, 5) is 14.7. The Morgan fingerprint density at radius 1 is 1.53 bits per heavy atom. The summed E-state index contributed by atoms with van der Waals surface area (Å²) in [5.74, 6) is 0.512. The largest absolute Gasteiger partial charge is 0.390 e. The predicted octanol–water partition coefficient (Wildman–Crippen LogP) is 1.45. The summed E-state index contributed by atoms with van der Waals surface area (Å²) in [6.07, 6.45) is 0.199. The van der Waals surface area contributed by atoms with E-state index in [-0.39, 0.29) is 5.12 Å². The van der Waals surface area contributed by atoms with Crippen molar-refractivity contribution in [2.45, 2.75) is 32.5 Å². The van der Waals surface area contributed by atoms with Crippen molar-refractivity contribution in [2.75, 3.05) is 5.75 Å². The summed E-state index contributed by atoms with van der Waals surface area (Å²) >= 11 is 1.15. The average Bonchev–Trinajstić information content (AvgIpc) is 2.27. The number of aryl methyl sites for hydroxylation is 1. The second-order valence-corrected chi connectivity index (χ2v) is 5.14. The highest BCUT2D eigenvalue weighted by Crippen LogP contribution is 2.20. The van der Waals surface area contributed by atoms with Gasteiger partial charge in [-0.25, -0.2) is 0 Å². The van der Waals surface area contributed by atoms with Crippen molar-refractivity contribution in [1.29, 1.82) is 0 Å². The van der Waals surface area contributed by atoms with E-state index in [9.17, 15) is 15.0 Å². The number of nitrogens with zero attached hydrogens (tertiary/aromatic N) is 1. The molecule has 4 nitrogen and oxygen atoms in total. The van der Waals surface area contributed by atoms with E-state index < -0.39 is 12.2 Å². The van der Waals surface area contributed by atoms with Gasteiger partial charge in [-0.1, -0.05) is 11.8 Å². The highest BCUT2D eigenvalue weighted by molar-refractivity contribution is 8.13. The molecule has 0 radical (unpaired) electrons. The molecule has 0 aromatic carbocycles. The van der Waals surface area contributed by atoms with Crippen LogP contribution in [0, 0.1) is 6.92 Å². The maximum Gasteiger partial charge on any atom is 0.185 e. The molecule has 0 saturated carbocycles. The molecule has 0 aliphatic heterocycles. The van der Waals surface area contributed by atoms with Gasteiger partial charge in [-0.2, -0.15) is 0 Å². The Hall–Kier alpha value is -0.910. The number of hydrogen-bond acceptors (Lipinski definition) is 5. The van der Waals surface area contributed by atoms with Crippen LogP contribution >= 0.6 is 11.8 Å². The summed E-state index contributed by atoms with van der Waals surface area (Å²) in [6, 6.07) is 3.42. The molecule has 0 saturated heterocycles. The molecule has 1 aromatic heterocycles. The number of pyridine rings is 1. The van der Waals surface area contributed by atoms with Crippen molar-refractivity contribution < 1.29 is 15.0 Å². The molecule has 1 aromatic rings. The maximum absolute atomic E-state index is 10.7. The van der Waals surface area contributed by atoms with E-state index in [1.807, 2.05) is 6.92 Å². The standard InChI is InChI=1S/C12H17NO3S/c1-8-7-10(3-5-13-8)12(16)11(15)4-6-17-9(2)14/h3,5,7,11-12,15-16H,4,6H2,1-2H3. The minimum Gasteiger partial charge on any atom is -0.390 e. The van der Waals surface area contributed by atoms with Crippen LogP contribution < -0.4 is 0 Å². The molecule has 5 heteroatoms. The molecular formula is C12H17NO3S. The van der Waals surface area contributed by atoms with E-state index in [0.29, 0.717) is 17.7 Å². The lowest BCUT2D eigenvalue weighted by molar-refractivity contribution is -0.109. The number of hydrogen-bond donors (Lipinski definition) is 2. The number of aliphatic hydroxyl groups is 2. The van der Waals surface area contributed by atoms with Gasteiger partial charge in [0.15, 0.2) is 5.12 Å². The molecule has 94 valence electrons. The third-order valence-electron chi connectivity index (χ3n) is 2.35. The van der Waals surface area contributed by atoms with Crippen molar-refractivity contribution >= 4 is 16.9 Å². The third-order valence-corrected chi connectivity index (χ3v) is 3.19. The van der Waals surface area contributed by atoms with Gasteiger partial charge in [0.25, 0.3) is 0 Å². The zero-order valence-corrected chi connectivity index (χ0v) is 10.8. The van der Waals surface area contributed by atoms with Gasteiger partial charge in [-0.15, -0.1) is 0 Å². The van der Waals surface area contributed by atoms with E-state index in [2.05, 4.69) is 4.98 Å². The Labute approximate surface area is 105 Å². The monoisotopic (exact) mass is 255 g/mol. The van der Waals surface area contributed by atoms with Gasteiger partial charge in [0.05, 0.1) is 6.10 Å². The van der Waals surface area contributed by atoms with Crippen molar-refractivity contribution in [3.63, 3.8) is 0 Å². The second-order valence-electron chi connectivity index (χ2n) is 3.87. The van der Waals surface area contributed by atoms with Gasteiger partial charge in [-0.05, 0) is 31.0 Å². The van der Waals surface area contributed by atoms with Crippen LogP contribution in [0.25, 0.3) is 0 Å². The topological polar surface area (TPSA) is 70.4 Å². The Balaban J connectivity index is 2.51. The Kier molecular flexibility index (Phi) is 5.61. The van der Waals surface area contributed by atoms with E-state index in [1.165, 1.54) is 6.92 Å². The summed E-state index contributed by atoms with van der Waals surface area (Å²) < 4.78 is 0. The van der Waals surface area contributed by atoms with Crippen molar-refractivity contribution in [3.8, 4) is 0 Å². The average molecular weight is 255 g/mol. The summed E-state index contributed by atoms with van der Waals surface area (Å²) in [7, 11) is 0. The minimum atomic E-state index is -0.927. The van der Waals surface area contributed by atoms with Crippen LogP contribution in [0.15, 0.2) is 18.3 Å². The quantitative estimate of drug-likeness (QED) is 0.833. The lowest BCUT2D eigenvalue weighted by atomic mass is 10.0. The lowest BCUT2D eigenvalue weighted by Gasteiger charge is -2.17. The van der Waals surface area contributed by atoms with Crippen LogP contribution in [0.4, 0.5) is 0 Å². The summed E-state index contributed by atoms with van der Waals surface area (Å²) in [5, 5.41) is 19.7. The molecule has 1 rings (SSSR count). The van der Waals surface area contributed by atoms with Gasteiger partial charge in [0, 0.05) is 24.6 Å². The van der Waals surface area contributed by atoms with Crippen molar-refractivity contribution in [2.24, 2.45) is 0 Å². The first kappa shape index (κ1) is 14.2. The maximum atomic E-state index is 10.7. The summed E-state index contributed by atoms with van der Waals surface area (Å²) in [6.45, 7) is 3.31. The van der Waals surface area contributed by atoms with Crippen LogP contribution in [0.3, 0.4) is 0 Å². The number of aromatic nitrogens is 1. The van der Waals surface area contributed by atoms with Gasteiger partial charge >= 0.3 is 0 Å². The highest BCUT2D eigenvalue weighted by atomic mass is 32.2. The molecule has 2 atom stereocenters. The molecule has 17 heavy (non-hydrogen) atoms. The first-order valence-electron chi connectivity index (χ1n) is 5.42. The van der Waals surface area contributed by atoms with E-state index in [4.69, 9.17) is 0 Å². The molecule has 0 fully saturated rings. The Morgan fingerprint density at radius 2 is 2.24 bits per heavy atom. The van der Waals surface area contributed by atoms with E-state index >= 15 is 0 Å². The van der Waals surface area contributed by atoms with Gasteiger partial charge in [0.2, 0.25) is 0 Å². The number of carbonyl (C=O) groups excluding carboxylic acids is 1. The number of aliphatic hydroxyl groups excluding tert-OH is 2.